The van der Waals surface area contributed by atoms with Crippen LogP contribution < -0.4 is 20.7 Å². The molecule has 0 aliphatic heterocycles. The second kappa shape index (κ2) is 11.8. The number of H-pyrrole nitrogens is 1. The summed E-state index contributed by atoms with van der Waals surface area (Å²) < 4.78 is 35.3. The van der Waals surface area contributed by atoms with Gasteiger partial charge in [0.05, 0.1) is 17.5 Å². The lowest BCUT2D eigenvalue weighted by molar-refractivity contribution is -0.0498. The highest BCUT2D eigenvalue weighted by Crippen LogP contribution is 2.26. The molecule has 0 saturated heterocycles. The highest BCUT2D eigenvalue weighted by Gasteiger charge is 2.27. The minimum atomic E-state index is -3.00. The predicted molar refractivity (Wildman–Crippen MR) is 145 cm³/mol. The number of aromatic amines is 1. The standard InChI is InChI=1S/C27H33F2N7O4/c1-27(2,3)40-26(38)35-15-7-5-14(6-8-15)34-24(37)18-12-32-23-22(18)36-20(13-33-23)21(30)17-11-16(39-25(28)29)9-10-19(17)31-4/h9-15,25,30-31H,5-8H2,1-4H3,(H,32,33)(H,34,37)(H,35,38). The first-order valence-corrected chi connectivity index (χ1v) is 12.9. The van der Waals surface area contributed by atoms with Crippen molar-refractivity contribution in [2.45, 2.75) is 70.8 Å². The Balaban J connectivity index is 1.45. The van der Waals surface area contributed by atoms with Crippen molar-refractivity contribution in [1.29, 1.82) is 5.41 Å². The highest BCUT2D eigenvalue weighted by atomic mass is 19.3. The lowest BCUT2D eigenvalue weighted by Gasteiger charge is -2.30. The molecular formula is C27H33F2N7O4. The van der Waals surface area contributed by atoms with Gasteiger partial charge in [-0.05, 0) is 64.7 Å². The molecule has 2 heterocycles. The maximum Gasteiger partial charge on any atom is 0.407 e. The summed E-state index contributed by atoms with van der Waals surface area (Å²) in [7, 11) is 1.64. The number of nitrogens with zero attached hydrogens (tertiary/aromatic N) is 2. The van der Waals surface area contributed by atoms with Gasteiger partial charge in [0.25, 0.3) is 5.91 Å². The summed E-state index contributed by atoms with van der Waals surface area (Å²) >= 11 is 0. The van der Waals surface area contributed by atoms with Gasteiger partial charge in [0.2, 0.25) is 0 Å². The van der Waals surface area contributed by atoms with E-state index in [4.69, 9.17) is 10.1 Å². The smallest absolute Gasteiger partial charge is 0.407 e. The number of hydrogen-bond acceptors (Lipinski definition) is 8. The Morgan fingerprint density at radius 3 is 2.40 bits per heavy atom. The average molecular weight is 558 g/mol. The third kappa shape index (κ3) is 7.01. The molecule has 0 spiro atoms. The molecule has 13 heteroatoms. The molecule has 40 heavy (non-hydrogen) atoms. The summed E-state index contributed by atoms with van der Waals surface area (Å²) in [6.07, 6.45) is 5.19. The van der Waals surface area contributed by atoms with Gasteiger partial charge in [-0.25, -0.2) is 14.8 Å². The zero-order valence-electron chi connectivity index (χ0n) is 22.7. The number of aromatic nitrogens is 3. The number of carbonyl (C=O) groups excluding carboxylic acids is 2. The van der Waals surface area contributed by atoms with Crippen LogP contribution in [0.4, 0.5) is 19.3 Å². The number of halogens is 2. The lowest BCUT2D eigenvalue weighted by Crippen LogP contribution is -2.45. The molecule has 1 aliphatic rings. The van der Waals surface area contributed by atoms with Crippen molar-refractivity contribution >= 4 is 34.6 Å². The van der Waals surface area contributed by atoms with Gasteiger partial charge >= 0.3 is 12.7 Å². The van der Waals surface area contributed by atoms with E-state index in [1.54, 1.807) is 7.05 Å². The average Bonchev–Trinajstić information content (AvgIpc) is 3.31. The van der Waals surface area contributed by atoms with E-state index in [9.17, 15) is 18.4 Å². The maximum atomic E-state index is 13.2. The van der Waals surface area contributed by atoms with Crippen LogP contribution in [0.2, 0.25) is 0 Å². The third-order valence-electron chi connectivity index (χ3n) is 6.42. The summed E-state index contributed by atoms with van der Waals surface area (Å²) in [5.41, 5.74) is 1.22. The zero-order chi connectivity index (χ0) is 29.0. The van der Waals surface area contributed by atoms with Gasteiger partial charge in [-0.3, -0.25) is 10.2 Å². The molecule has 0 atom stereocenters. The minimum Gasteiger partial charge on any atom is -0.444 e. The molecule has 2 amide bonds. The van der Waals surface area contributed by atoms with E-state index in [0.717, 1.165) is 0 Å². The molecule has 11 nitrogen and oxygen atoms in total. The van der Waals surface area contributed by atoms with Gasteiger partial charge in [-0.15, -0.1) is 0 Å². The first-order valence-electron chi connectivity index (χ1n) is 12.9. The number of hydrogen-bond donors (Lipinski definition) is 5. The van der Waals surface area contributed by atoms with Crippen LogP contribution in [0.15, 0.2) is 30.6 Å². The van der Waals surface area contributed by atoms with Crippen LogP contribution in [0.5, 0.6) is 5.75 Å². The van der Waals surface area contributed by atoms with E-state index >= 15 is 0 Å². The van der Waals surface area contributed by atoms with Crippen molar-refractivity contribution in [3.63, 3.8) is 0 Å². The molecule has 4 rings (SSSR count). The summed E-state index contributed by atoms with van der Waals surface area (Å²) in [4.78, 5) is 37.0. The van der Waals surface area contributed by atoms with Crippen LogP contribution in [0, 0.1) is 5.41 Å². The number of rotatable bonds is 8. The Hall–Kier alpha value is -4.29. The van der Waals surface area contributed by atoms with E-state index in [-0.39, 0.29) is 51.8 Å². The molecule has 0 bridgehead atoms. The fourth-order valence-corrected chi connectivity index (χ4v) is 4.57. The summed E-state index contributed by atoms with van der Waals surface area (Å²) in [6, 6.07) is 4.12. The second-order valence-corrected chi connectivity index (χ2v) is 10.5. The second-order valence-electron chi connectivity index (χ2n) is 10.5. The van der Waals surface area contributed by atoms with Crippen molar-refractivity contribution in [2.75, 3.05) is 12.4 Å². The topological polar surface area (TPSA) is 154 Å². The maximum absolute atomic E-state index is 13.2. The van der Waals surface area contributed by atoms with E-state index in [0.29, 0.717) is 37.0 Å². The van der Waals surface area contributed by atoms with Crippen molar-refractivity contribution in [2.24, 2.45) is 0 Å². The number of carbonyl (C=O) groups is 2. The molecule has 0 unspecified atom stereocenters. The first-order chi connectivity index (χ1) is 18.9. The van der Waals surface area contributed by atoms with Crippen LogP contribution in [-0.2, 0) is 4.74 Å². The lowest BCUT2D eigenvalue weighted by atomic mass is 9.91. The van der Waals surface area contributed by atoms with Crippen LogP contribution in [0.1, 0.15) is 68.1 Å². The number of nitrogens with one attached hydrogen (secondary N) is 5. The number of anilines is 1. The monoisotopic (exact) mass is 557 g/mol. The number of fused-ring (bicyclic) bond motifs is 1. The molecule has 214 valence electrons. The largest absolute Gasteiger partial charge is 0.444 e. The normalized spacial score (nSPS) is 17.4. The zero-order valence-corrected chi connectivity index (χ0v) is 22.7. The van der Waals surface area contributed by atoms with Crippen molar-refractivity contribution < 1.29 is 27.8 Å². The molecule has 0 radical (unpaired) electrons. The quantitative estimate of drug-likeness (QED) is 0.254. The number of ether oxygens (including phenoxy) is 2. The molecule has 2 aromatic heterocycles. The summed E-state index contributed by atoms with van der Waals surface area (Å²) in [5, 5.41) is 17.5. The van der Waals surface area contributed by atoms with E-state index in [1.165, 1.54) is 30.6 Å². The van der Waals surface area contributed by atoms with Crippen LogP contribution in [0.3, 0.4) is 0 Å². The molecule has 1 fully saturated rings. The van der Waals surface area contributed by atoms with Crippen molar-refractivity contribution in [3.05, 3.63) is 47.4 Å². The fourth-order valence-electron chi connectivity index (χ4n) is 4.57. The SMILES string of the molecule is CNc1ccc(OC(F)F)cc1C(=N)c1cnc2[nH]cc(C(=O)NC3CCC(NC(=O)OC(C)(C)C)CC3)c2n1. The summed E-state index contributed by atoms with van der Waals surface area (Å²) in [6.45, 7) is 2.42. The Labute approximate surface area is 230 Å². The predicted octanol–water partition coefficient (Wildman–Crippen LogP) is 4.58. The van der Waals surface area contributed by atoms with Crippen LogP contribution >= 0.6 is 0 Å². The van der Waals surface area contributed by atoms with Gasteiger partial charge in [-0.2, -0.15) is 8.78 Å². The van der Waals surface area contributed by atoms with Crippen molar-refractivity contribution in [1.82, 2.24) is 25.6 Å². The van der Waals surface area contributed by atoms with Gasteiger partial charge in [0.1, 0.15) is 22.6 Å². The molecule has 1 aliphatic carbocycles. The first kappa shape index (κ1) is 28.7. The van der Waals surface area contributed by atoms with Gasteiger partial charge in [0.15, 0.2) is 5.65 Å². The van der Waals surface area contributed by atoms with Crippen LogP contribution in [0.25, 0.3) is 11.2 Å². The molecule has 3 aromatic rings. The van der Waals surface area contributed by atoms with Crippen LogP contribution in [-0.4, -0.2) is 64.0 Å². The van der Waals surface area contributed by atoms with Gasteiger partial charge in [0, 0.05) is 36.6 Å². The Morgan fingerprint density at radius 1 is 1.10 bits per heavy atom. The van der Waals surface area contributed by atoms with Gasteiger partial charge < -0.3 is 30.4 Å². The molecule has 1 saturated carbocycles. The Kier molecular flexibility index (Phi) is 8.50. The molecule has 1 aromatic carbocycles. The number of benzene rings is 1. The number of alkyl carbamates (subject to hydrolysis) is 1. The fraction of sp³-hybridized carbons (Fsp3) is 0.444. The molecule has 5 N–H and O–H groups in total. The van der Waals surface area contributed by atoms with Crippen molar-refractivity contribution in [3.8, 4) is 5.75 Å². The Morgan fingerprint density at radius 2 is 1.77 bits per heavy atom. The number of alkyl halides is 2. The van der Waals surface area contributed by atoms with Gasteiger partial charge in [-0.1, -0.05) is 0 Å². The highest BCUT2D eigenvalue weighted by molar-refractivity contribution is 6.14. The Bertz CT molecular complexity index is 1400. The molecular weight excluding hydrogens is 524 g/mol. The van der Waals surface area contributed by atoms with E-state index < -0.39 is 18.3 Å². The number of amides is 2. The van der Waals surface area contributed by atoms with E-state index in [1.807, 2.05) is 20.8 Å². The summed E-state index contributed by atoms with van der Waals surface area (Å²) in [5.74, 6) is -0.434. The van der Waals surface area contributed by atoms with E-state index in [2.05, 4.69) is 35.6 Å². The third-order valence-corrected chi connectivity index (χ3v) is 6.42. The minimum absolute atomic E-state index is 0.0253.